The van der Waals surface area contributed by atoms with Crippen molar-refractivity contribution in [2.24, 2.45) is 0 Å². The van der Waals surface area contributed by atoms with Crippen molar-refractivity contribution in [1.82, 2.24) is 24.1 Å². The summed E-state index contributed by atoms with van der Waals surface area (Å²) in [5.41, 5.74) is 2.84. The van der Waals surface area contributed by atoms with E-state index in [1.807, 2.05) is 6.92 Å². The summed E-state index contributed by atoms with van der Waals surface area (Å²) >= 11 is 0. The molecule has 0 fully saturated rings. The van der Waals surface area contributed by atoms with Crippen LogP contribution in [0.25, 0.3) is 11.3 Å². The lowest BCUT2D eigenvalue weighted by Gasteiger charge is -2.13. The van der Waals surface area contributed by atoms with E-state index in [0.717, 1.165) is 17.7 Å². The van der Waals surface area contributed by atoms with Crippen LogP contribution >= 0.6 is 0 Å². The largest absolute Gasteiger partial charge is 0.416 e. The van der Waals surface area contributed by atoms with Gasteiger partial charge in [-0.3, -0.25) is 4.79 Å². The molecule has 0 spiro atoms. The number of ketones is 1. The first kappa shape index (κ1) is 23.1. The molecule has 178 valence electrons. The van der Waals surface area contributed by atoms with Crippen molar-refractivity contribution in [1.29, 1.82) is 0 Å². The Hall–Kier alpha value is -4.71. The number of aromatic nitrogens is 5. The molecule has 3 heterocycles. The second kappa shape index (κ2) is 9.15. The van der Waals surface area contributed by atoms with Gasteiger partial charge in [-0.25, -0.2) is 14.5 Å². The van der Waals surface area contributed by atoms with Crippen LogP contribution in [0.2, 0.25) is 0 Å². The number of carbonyl (C=O) groups excluding carboxylic acids is 1. The predicted octanol–water partition coefficient (Wildman–Crippen LogP) is 5.07. The molecular weight excluding hydrogens is 467 g/mol. The third-order valence-electron chi connectivity index (χ3n) is 5.64. The molecule has 0 bridgehead atoms. The lowest BCUT2D eigenvalue weighted by molar-refractivity contribution is -0.137. The number of hydrogen-bond acceptors (Lipinski definition) is 4. The van der Waals surface area contributed by atoms with E-state index in [1.165, 1.54) is 17.1 Å². The van der Waals surface area contributed by atoms with Gasteiger partial charge in [0.2, 0.25) is 0 Å². The molecule has 0 amide bonds. The monoisotopic (exact) mass is 485 g/mol. The molecule has 0 aliphatic rings. The topological polar surface area (TPSA) is 65.1 Å². The fraction of sp³-hybridized carbons (Fsp3) is 0.111. The molecule has 0 radical (unpaired) electrons. The van der Waals surface area contributed by atoms with Crippen molar-refractivity contribution in [2.45, 2.75) is 19.5 Å². The molecule has 5 aromatic rings. The summed E-state index contributed by atoms with van der Waals surface area (Å²) in [4.78, 5) is 21.2. The standard InChI is InChI=1S/C27H18F3N5O/c1-18-3-4-21(14-20(18)5-6-22-16-33-35-9-2-7-32-26(22)35)25(36)13-19-11-23(27(28,29)30)15-24(12-19)34-10-8-31-17-34/h2-4,7-12,14-17H,13H2,1H3. The summed E-state index contributed by atoms with van der Waals surface area (Å²) in [6, 6.07) is 10.4. The fourth-order valence-electron chi connectivity index (χ4n) is 3.77. The zero-order valence-corrected chi connectivity index (χ0v) is 19.0. The van der Waals surface area contributed by atoms with Crippen LogP contribution in [0.5, 0.6) is 0 Å². The smallest absolute Gasteiger partial charge is 0.306 e. The van der Waals surface area contributed by atoms with Gasteiger partial charge in [0.15, 0.2) is 11.4 Å². The van der Waals surface area contributed by atoms with E-state index in [9.17, 15) is 18.0 Å². The zero-order valence-electron chi connectivity index (χ0n) is 19.0. The molecule has 6 nitrogen and oxygen atoms in total. The van der Waals surface area contributed by atoms with Crippen molar-refractivity contribution in [3.8, 4) is 17.5 Å². The lowest BCUT2D eigenvalue weighted by Crippen LogP contribution is -2.10. The minimum absolute atomic E-state index is 0.195. The fourth-order valence-corrected chi connectivity index (χ4v) is 3.77. The summed E-state index contributed by atoms with van der Waals surface area (Å²) in [6.45, 7) is 1.87. The van der Waals surface area contributed by atoms with Gasteiger partial charge in [0, 0.05) is 48.0 Å². The van der Waals surface area contributed by atoms with Gasteiger partial charge < -0.3 is 4.57 Å². The number of fused-ring (bicyclic) bond motifs is 1. The summed E-state index contributed by atoms with van der Waals surface area (Å²) in [5, 5.41) is 4.21. The molecule has 0 aliphatic carbocycles. The Morgan fingerprint density at radius 2 is 1.86 bits per heavy atom. The number of Topliss-reactive ketones (excluding diaryl/α,β-unsaturated/α-hetero) is 1. The second-order valence-corrected chi connectivity index (χ2v) is 8.18. The van der Waals surface area contributed by atoms with E-state index >= 15 is 0 Å². The number of imidazole rings is 1. The van der Waals surface area contributed by atoms with E-state index in [-0.39, 0.29) is 23.5 Å². The average molecular weight is 485 g/mol. The predicted molar refractivity (Wildman–Crippen MR) is 127 cm³/mol. The van der Waals surface area contributed by atoms with Crippen molar-refractivity contribution in [3.05, 3.63) is 113 Å². The van der Waals surface area contributed by atoms with Gasteiger partial charge in [0.05, 0.1) is 23.7 Å². The van der Waals surface area contributed by atoms with Crippen LogP contribution < -0.4 is 0 Å². The number of nitrogens with zero attached hydrogens (tertiary/aromatic N) is 5. The first-order chi connectivity index (χ1) is 17.3. The van der Waals surface area contributed by atoms with Gasteiger partial charge in [-0.2, -0.15) is 18.3 Å². The highest BCUT2D eigenvalue weighted by Gasteiger charge is 2.31. The number of halogens is 3. The zero-order chi connectivity index (χ0) is 25.3. The summed E-state index contributed by atoms with van der Waals surface area (Å²) in [7, 11) is 0. The number of hydrogen-bond donors (Lipinski definition) is 0. The van der Waals surface area contributed by atoms with E-state index in [2.05, 4.69) is 26.9 Å². The van der Waals surface area contributed by atoms with Crippen molar-refractivity contribution in [2.75, 3.05) is 0 Å². The first-order valence-electron chi connectivity index (χ1n) is 10.9. The van der Waals surface area contributed by atoms with Crippen LogP contribution in [0, 0.1) is 18.8 Å². The molecule has 0 N–H and O–H groups in total. The van der Waals surface area contributed by atoms with E-state index in [4.69, 9.17) is 0 Å². The normalized spacial score (nSPS) is 11.3. The van der Waals surface area contributed by atoms with Crippen molar-refractivity contribution >= 4 is 11.4 Å². The average Bonchev–Trinajstić information content (AvgIpc) is 3.53. The van der Waals surface area contributed by atoms with Crippen LogP contribution in [-0.2, 0) is 12.6 Å². The van der Waals surface area contributed by atoms with Crippen LogP contribution in [0.1, 0.15) is 38.2 Å². The summed E-state index contributed by atoms with van der Waals surface area (Å²) in [5.74, 6) is 5.80. The number of alkyl halides is 3. The van der Waals surface area contributed by atoms with E-state index in [1.54, 1.807) is 59.6 Å². The molecule has 0 saturated carbocycles. The highest BCUT2D eigenvalue weighted by atomic mass is 19.4. The summed E-state index contributed by atoms with van der Waals surface area (Å²) < 4.78 is 43.6. The molecule has 3 aromatic heterocycles. The Morgan fingerprint density at radius 1 is 1.03 bits per heavy atom. The minimum atomic E-state index is -4.55. The Kier molecular flexibility index (Phi) is 5.86. The molecule has 0 unspecified atom stereocenters. The van der Waals surface area contributed by atoms with Crippen molar-refractivity contribution in [3.63, 3.8) is 0 Å². The number of benzene rings is 2. The molecule has 0 atom stereocenters. The maximum absolute atomic E-state index is 13.5. The highest BCUT2D eigenvalue weighted by Crippen LogP contribution is 2.32. The SMILES string of the molecule is Cc1ccc(C(=O)Cc2cc(-n3ccnc3)cc(C(F)(F)F)c2)cc1C#Cc1cnn2cccnc12. The van der Waals surface area contributed by atoms with Crippen LogP contribution in [0.4, 0.5) is 13.2 Å². The Bertz CT molecular complexity index is 1640. The lowest BCUT2D eigenvalue weighted by atomic mass is 9.97. The number of carbonyl (C=O) groups is 1. The Morgan fingerprint density at radius 3 is 2.64 bits per heavy atom. The third kappa shape index (κ3) is 4.74. The summed E-state index contributed by atoms with van der Waals surface area (Å²) in [6.07, 6.45) is 4.72. The second-order valence-electron chi connectivity index (χ2n) is 8.18. The van der Waals surface area contributed by atoms with Crippen LogP contribution in [-0.4, -0.2) is 29.9 Å². The van der Waals surface area contributed by atoms with Gasteiger partial charge in [-0.15, -0.1) is 0 Å². The van der Waals surface area contributed by atoms with E-state index in [0.29, 0.717) is 22.3 Å². The van der Waals surface area contributed by atoms with E-state index < -0.39 is 11.7 Å². The Labute approximate surface area is 204 Å². The maximum atomic E-state index is 13.5. The van der Waals surface area contributed by atoms with Gasteiger partial charge in [0.25, 0.3) is 0 Å². The quantitative estimate of drug-likeness (QED) is 0.264. The van der Waals surface area contributed by atoms with Crippen LogP contribution in [0.3, 0.4) is 0 Å². The molecular formula is C27H18F3N5O. The van der Waals surface area contributed by atoms with Gasteiger partial charge >= 0.3 is 6.18 Å². The van der Waals surface area contributed by atoms with Crippen molar-refractivity contribution < 1.29 is 18.0 Å². The van der Waals surface area contributed by atoms with Gasteiger partial charge in [-0.1, -0.05) is 24.0 Å². The van der Waals surface area contributed by atoms with Crippen LogP contribution in [0.15, 0.2) is 79.8 Å². The molecule has 36 heavy (non-hydrogen) atoms. The first-order valence-corrected chi connectivity index (χ1v) is 10.9. The van der Waals surface area contributed by atoms with Gasteiger partial charge in [-0.05, 0) is 48.4 Å². The molecule has 5 rings (SSSR count). The number of aryl methyl sites for hydroxylation is 1. The molecule has 2 aromatic carbocycles. The molecule has 0 aliphatic heterocycles. The molecule has 0 saturated heterocycles. The minimum Gasteiger partial charge on any atom is -0.306 e. The maximum Gasteiger partial charge on any atom is 0.416 e. The third-order valence-corrected chi connectivity index (χ3v) is 5.64. The molecule has 9 heteroatoms. The Balaban J connectivity index is 1.44. The highest BCUT2D eigenvalue weighted by molar-refractivity contribution is 5.98. The van der Waals surface area contributed by atoms with Gasteiger partial charge in [0.1, 0.15) is 0 Å². The number of rotatable bonds is 4.